The minimum atomic E-state index is 0.0385. The number of hydrogen-bond acceptors (Lipinski definition) is 2. The molecule has 0 atom stereocenters. The van der Waals surface area contributed by atoms with E-state index in [0.29, 0.717) is 0 Å². The van der Waals surface area contributed by atoms with Crippen molar-refractivity contribution in [1.82, 2.24) is 10.2 Å². The third kappa shape index (κ3) is 4.35. The van der Waals surface area contributed by atoms with Gasteiger partial charge in [-0.05, 0) is 49.4 Å². The number of aliphatic hydroxyl groups excluding tert-OH is 1. The van der Waals surface area contributed by atoms with E-state index in [0.717, 1.165) is 58.2 Å². The summed E-state index contributed by atoms with van der Waals surface area (Å²) in [4.78, 5) is 14.2. The summed E-state index contributed by atoms with van der Waals surface area (Å²) in [5.74, 6) is 0. The van der Waals surface area contributed by atoms with Crippen LogP contribution in [0.15, 0.2) is 0 Å². The molecule has 0 aromatic carbocycles. The third-order valence-corrected chi connectivity index (χ3v) is 6.06. The number of aliphatic hydroxyl groups is 1. The van der Waals surface area contributed by atoms with Gasteiger partial charge in [0.2, 0.25) is 0 Å². The molecule has 0 unspecified atom stereocenters. The minimum absolute atomic E-state index is 0.0385. The molecule has 1 saturated heterocycles. The first-order valence-electron chi connectivity index (χ1n) is 8.64. The highest BCUT2D eigenvalue weighted by atomic mass is 16.3. The number of nitrogens with one attached hydrogen (secondary N) is 1. The number of rotatable bonds is 7. The lowest BCUT2D eigenvalue weighted by atomic mass is 9.77. The van der Waals surface area contributed by atoms with Crippen LogP contribution in [0.3, 0.4) is 0 Å². The molecule has 1 fully saturated rings. The zero-order valence-corrected chi connectivity index (χ0v) is 14.4. The predicted octanol–water partition coefficient (Wildman–Crippen LogP) is 3.40. The predicted molar refractivity (Wildman–Crippen MR) is 87.3 cm³/mol. The normalized spacial score (nSPS) is 18.6. The summed E-state index contributed by atoms with van der Waals surface area (Å²) >= 11 is 0. The molecule has 0 bridgehead atoms. The minimum Gasteiger partial charge on any atom is -0.396 e. The van der Waals surface area contributed by atoms with Crippen LogP contribution in [0.1, 0.15) is 66.2 Å². The van der Waals surface area contributed by atoms with Gasteiger partial charge < -0.3 is 15.3 Å². The second-order valence-corrected chi connectivity index (χ2v) is 6.72. The van der Waals surface area contributed by atoms with Gasteiger partial charge in [0.1, 0.15) is 0 Å². The molecule has 0 radical (unpaired) electrons. The molecule has 2 amide bonds. The summed E-state index contributed by atoms with van der Waals surface area (Å²) in [6.45, 7) is 11.3. The first-order chi connectivity index (χ1) is 10.00. The molecule has 1 rings (SSSR count). The van der Waals surface area contributed by atoms with Crippen LogP contribution in [0.5, 0.6) is 0 Å². The number of likely N-dealkylation sites (tertiary alicyclic amines) is 1. The lowest BCUT2D eigenvalue weighted by Crippen LogP contribution is -2.50. The van der Waals surface area contributed by atoms with Crippen molar-refractivity contribution in [2.45, 2.75) is 66.2 Å². The Balaban J connectivity index is 2.48. The average Bonchev–Trinajstić information content (AvgIpc) is 2.56. The summed E-state index contributed by atoms with van der Waals surface area (Å²) in [6.07, 6.45) is 6.11. The summed E-state index contributed by atoms with van der Waals surface area (Å²) in [7, 11) is 0. The molecule has 0 saturated carbocycles. The maximum atomic E-state index is 12.3. The van der Waals surface area contributed by atoms with Crippen molar-refractivity contribution in [3.8, 4) is 0 Å². The molecule has 21 heavy (non-hydrogen) atoms. The summed E-state index contributed by atoms with van der Waals surface area (Å²) in [5, 5.41) is 12.7. The van der Waals surface area contributed by atoms with Gasteiger partial charge in [-0.2, -0.15) is 0 Å². The van der Waals surface area contributed by atoms with E-state index in [2.05, 4.69) is 33.0 Å². The topological polar surface area (TPSA) is 52.6 Å². The van der Waals surface area contributed by atoms with Crippen LogP contribution >= 0.6 is 0 Å². The van der Waals surface area contributed by atoms with Crippen molar-refractivity contribution in [3.05, 3.63) is 0 Å². The van der Waals surface area contributed by atoms with Crippen molar-refractivity contribution in [2.24, 2.45) is 10.8 Å². The van der Waals surface area contributed by atoms with E-state index >= 15 is 0 Å². The van der Waals surface area contributed by atoms with Crippen LogP contribution in [0.2, 0.25) is 0 Å². The van der Waals surface area contributed by atoms with Gasteiger partial charge in [0.05, 0.1) is 0 Å². The molecule has 124 valence electrons. The summed E-state index contributed by atoms with van der Waals surface area (Å²) in [6, 6.07) is 0.0670. The highest BCUT2D eigenvalue weighted by Gasteiger charge is 2.34. The Morgan fingerprint density at radius 2 is 1.67 bits per heavy atom. The first kappa shape index (κ1) is 18.3. The Labute approximate surface area is 130 Å². The molecular formula is C17H34N2O2. The van der Waals surface area contributed by atoms with Gasteiger partial charge >= 0.3 is 6.03 Å². The Kier molecular flexibility index (Phi) is 6.98. The van der Waals surface area contributed by atoms with E-state index in [1.54, 1.807) is 0 Å². The van der Waals surface area contributed by atoms with E-state index in [1.807, 2.05) is 4.90 Å². The summed E-state index contributed by atoms with van der Waals surface area (Å²) < 4.78 is 0. The van der Waals surface area contributed by atoms with Crippen LogP contribution in [-0.2, 0) is 0 Å². The van der Waals surface area contributed by atoms with E-state index in [-0.39, 0.29) is 23.5 Å². The number of amides is 2. The van der Waals surface area contributed by atoms with Gasteiger partial charge in [-0.15, -0.1) is 0 Å². The molecule has 4 nitrogen and oxygen atoms in total. The van der Waals surface area contributed by atoms with Gasteiger partial charge in [0.25, 0.3) is 0 Å². The second kappa shape index (κ2) is 8.02. The molecule has 0 aromatic rings. The Hall–Kier alpha value is -0.770. The number of piperidine rings is 1. The smallest absolute Gasteiger partial charge is 0.317 e. The fourth-order valence-corrected chi connectivity index (χ4v) is 3.31. The molecular weight excluding hydrogens is 264 g/mol. The van der Waals surface area contributed by atoms with Crippen LogP contribution in [0, 0.1) is 10.8 Å². The number of hydrogen-bond donors (Lipinski definition) is 2. The molecule has 4 heteroatoms. The molecule has 1 heterocycles. The molecule has 1 aliphatic rings. The van der Waals surface area contributed by atoms with Gasteiger partial charge in [0.15, 0.2) is 0 Å². The van der Waals surface area contributed by atoms with Crippen molar-refractivity contribution in [3.63, 3.8) is 0 Å². The van der Waals surface area contributed by atoms with Crippen molar-refractivity contribution < 1.29 is 9.90 Å². The average molecular weight is 298 g/mol. The van der Waals surface area contributed by atoms with Crippen LogP contribution in [0.25, 0.3) is 0 Å². The number of nitrogens with zero attached hydrogens (tertiary/aromatic N) is 1. The number of urea groups is 1. The van der Waals surface area contributed by atoms with Gasteiger partial charge in [-0.3, -0.25) is 0 Å². The quantitative estimate of drug-likeness (QED) is 0.757. The van der Waals surface area contributed by atoms with Crippen LogP contribution in [-0.4, -0.2) is 42.3 Å². The highest BCUT2D eigenvalue weighted by molar-refractivity contribution is 5.74. The van der Waals surface area contributed by atoms with Crippen molar-refractivity contribution in [2.75, 3.05) is 26.2 Å². The largest absolute Gasteiger partial charge is 0.396 e. The van der Waals surface area contributed by atoms with Gasteiger partial charge in [-0.1, -0.05) is 27.7 Å². The molecule has 0 spiro atoms. The van der Waals surface area contributed by atoms with Crippen LogP contribution < -0.4 is 5.32 Å². The highest BCUT2D eigenvalue weighted by Crippen LogP contribution is 2.34. The standard InChI is InChI=1S/C17H34N2O2/c1-5-16(6-2,7-3)13-18-15(21)19-11-9-17(8-4,14-20)10-12-19/h20H,5-14H2,1-4H3,(H,18,21). The zero-order valence-electron chi connectivity index (χ0n) is 14.4. The van der Waals surface area contributed by atoms with Crippen LogP contribution in [0.4, 0.5) is 4.79 Å². The molecule has 0 aromatic heterocycles. The third-order valence-electron chi connectivity index (χ3n) is 6.06. The Morgan fingerprint density at radius 1 is 1.14 bits per heavy atom. The van der Waals surface area contributed by atoms with E-state index in [9.17, 15) is 9.90 Å². The second-order valence-electron chi connectivity index (χ2n) is 6.72. The Bertz CT molecular complexity index is 304. The lowest BCUT2D eigenvalue weighted by Gasteiger charge is -2.40. The maximum Gasteiger partial charge on any atom is 0.317 e. The monoisotopic (exact) mass is 298 g/mol. The Morgan fingerprint density at radius 3 is 2.05 bits per heavy atom. The first-order valence-corrected chi connectivity index (χ1v) is 8.64. The van der Waals surface area contributed by atoms with Crippen molar-refractivity contribution >= 4 is 6.03 Å². The number of carbonyl (C=O) groups excluding carboxylic acids is 1. The van der Waals surface area contributed by atoms with E-state index < -0.39 is 0 Å². The van der Waals surface area contributed by atoms with E-state index in [1.165, 1.54) is 0 Å². The van der Waals surface area contributed by atoms with Gasteiger partial charge in [0, 0.05) is 26.2 Å². The molecule has 0 aliphatic carbocycles. The van der Waals surface area contributed by atoms with Gasteiger partial charge in [-0.25, -0.2) is 4.79 Å². The number of carbonyl (C=O) groups is 1. The zero-order chi connectivity index (χ0) is 15.9. The maximum absolute atomic E-state index is 12.3. The fraction of sp³-hybridized carbons (Fsp3) is 0.941. The SMILES string of the molecule is CCC1(CO)CCN(C(=O)NCC(CC)(CC)CC)CC1. The molecule has 2 N–H and O–H groups in total. The molecule has 1 aliphatic heterocycles. The lowest BCUT2D eigenvalue weighted by molar-refractivity contribution is 0.0512. The van der Waals surface area contributed by atoms with Crippen molar-refractivity contribution in [1.29, 1.82) is 0 Å². The fourth-order valence-electron chi connectivity index (χ4n) is 3.31. The van der Waals surface area contributed by atoms with E-state index in [4.69, 9.17) is 0 Å². The summed E-state index contributed by atoms with van der Waals surface area (Å²) in [5.41, 5.74) is 0.278.